The van der Waals surface area contributed by atoms with E-state index >= 15 is 0 Å². The summed E-state index contributed by atoms with van der Waals surface area (Å²) in [5, 5.41) is 21.4. The van der Waals surface area contributed by atoms with Crippen molar-refractivity contribution in [3.63, 3.8) is 0 Å². The molecule has 0 fully saturated rings. The molecule has 0 radical (unpaired) electrons. The van der Waals surface area contributed by atoms with E-state index in [9.17, 15) is 24.6 Å². The third-order valence-electron chi connectivity index (χ3n) is 5.86. The third-order valence-corrected chi connectivity index (χ3v) is 5.86. The Morgan fingerprint density at radius 3 is 1.91 bits per heavy atom. The number of hydrogen-bond acceptors (Lipinski definition) is 3. The molecule has 4 aromatic carbocycles. The van der Waals surface area contributed by atoms with Crippen LogP contribution in [0.25, 0.3) is 21.9 Å². The molecule has 0 spiro atoms. The van der Waals surface area contributed by atoms with Crippen LogP contribution in [0.1, 0.15) is 28.3 Å². The minimum absolute atomic E-state index is 0.350. The van der Waals surface area contributed by atoms with E-state index < -0.39 is 36.0 Å². The maximum atomic E-state index is 13.0. The van der Waals surface area contributed by atoms with Crippen LogP contribution in [-0.4, -0.2) is 27.9 Å². The van der Waals surface area contributed by atoms with E-state index in [1.807, 2.05) is 48.5 Å². The van der Waals surface area contributed by atoms with Gasteiger partial charge in [0.15, 0.2) is 5.78 Å². The molecule has 0 saturated carbocycles. The van der Waals surface area contributed by atoms with E-state index in [2.05, 4.69) is 0 Å². The fourth-order valence-electron chi connectivity index (χ4n) is 4.19. The summed E-state index contributed by atoms with van der Waals surface area (Å²) in [4.78, 5) is 37.4. The predicted molar refractivity (Wildman–Crippen MR) is 126 cm³/mol. The lowest BCUT2D eigenvalue weighted by atomic mass is 9.80. The number of aliphatic carboxylic acids is 2. The maximum Gasteiger partial charge on any atom is 0.311 e. The van der Waals surface area contributed by atoms with Gasteiger partial charge in [-0.1, -0.05) is 97.1 Å². The van der Waals surface area contributed by atoms with Crippen molar-refractivity contribution in [2.45, 2.75) is 12.3 Å². The summed E-state index contributed by atoms with van der Waals surface area (Å²) in [6.45, 7) is 0. The summed E-state index contributed by atoms with van der Waals surface area (Å²) in [5.41, 5.74) is 2.67. The van der Waals surface area contributed by atoms with E-state index in [0.29, 0.717) is 16.5 Å². The highest BCUT2D eigenvalue weighted by Gasteiger charge is 2.37. The molecule has 4 rings (SSSR count). The molecule has 0 aliphatic rings. The zero-order valence-corrected chi connectivity index (χ0v) is 17.7. The number of rotatable bonds is 8. The number of Topliss-reactive ketones (excluding diaryl/α,β-unsaturated/α-hetero) is 1. The van der Waals surface area contributed by atoms with E-state index in [1.54, 1.807) is 48.5 Å². The number of carboxylic acids is 2. The number of fused-ring (bicyclic) bond motifs is 1. The third kappa shape index (κ3) is 4.67. The molecule has 0 aliphatic carbocycles. The minimum Gasteiger partial charge on any atom is -0.481 e. The van der Waals surface area contributed by atoms with Gasteiger partial charge in [-0.3, -0.25) is 14.4 Å². The highest BCUT2D eigenvalue weighted by molar-refractivity contribution is 6.00. The van der Waals surface area contributed by atoms with Gasteiger partial charge in [-0.2, -0.15) is 0 Å². The predicted octanol–water partition coefficient (Wildman–Crippen LogP) is 5.65. The van der Waals surface area contributed by atoms with Crippen molar-refractivity contribution >= 4 is 28.5 Å². The second-order valence-electron chi connectivity index (χ2n) is 7.90. The van der Waals surface area contributed by atoms with Crippen molar-refractivity contribution in [3.05, 3.63) is 108 Å². The second-order valence-corrected chi connectivity index (χ2v) is 7.90. The van der Waals surface area contributed by atoms with Crippen LogP contribution in [0, 0.1) is 5.92 Å². The molecule has 0 aromatic heterocycles. The van der Waals surface area contributed by atoms with Crippen LogP contribution in [0.2, 0.25) is 0 Å². The fraction of sp³-hybridized carbons (Fsp3) is 0.107. The molecular formula is C28H22O5. The summed E-state index contributed by atoms with van der Waals surface area (Å²) < 4.78 is 0. The van der Waals surface area contributed by atoms with Gasteiger partial charge in [0.1, 0.15) is 0 Å². The molecule has 5 heteroatoms. The lowest BCUT2D eigenvalue weighted by molar-refractivity contribution is -0.150. The summed E-state index contributed by atoms with van der Waals surface area (Å²) in [7, 11) is 0. The van der Waals surface area contributed by atoms with Gasteiger partial charge < -0.3 is 10.2 Å². The second kappa shape index (κ2) is 9.49. The Bertz CT molecular complexity index is 1300. The average Bonchev–Trinajstić information content (AvgIpc) is 2.84. The average molecular weight is 438 g/mol. The Morgan fingerprint density at radius 2 is 1.24 bits per heavy atom. The Labute approximate surface area is 190 Å². The number of benzene rings is 4. The summed E-state index contributed by atoms with van der Waals surface area (Å²) in [6.07, 6.45) is -0.416. The number of carbonyl (C=O) groups excluding carboxylic acids is 1. The van der Waals surface area contributed by atoms with Crippen molar-refractivity contribution in [2.24, 2.45) is 5.92 Å². The van der Waals surface area contributed by atoms with E-state index in [-0.39, 0.29) is 0 Å². The van der Waals surface area contributed by atoms with Crippen LogP contribution in [-0.2, 0) is 9.59 Å². The SMILES string of the molecule is O=C(CC(C(=O)O)C(C(=O)O)c1cccc2ccccc12)c1ccc(-c2ccccc2)cc1. The first-order valence-corrected chi connectivity index (χ1v) is 10.6. The van der Waals surface area contributed by atoms with Crippen molar-refractivity contribution in [1.29, 1.82) is 0 Å². The summed E-state index contributed by atoms with van der Waals surface area (Å²) in [6, 6.07) is 29.0. The summed E-state index contributed by atoms with van der Waals surface area (Å²) >= 11 is 0. The van der Waals surface area contributed by atoms with E-state index in [1.165, 1.54) is 0 Å². The first-order chi connectivity index (χ1) is 16.0. The fourth-order valence-corrected chi connectivity index (χ4v) is 4.19. The minimum atomic E-state index is -1.41. The van der Waals surface area contributed by atoms with Crippen LogP contribution in [0.5, 0.6) is 0 Å². The molecule has 2 atom stereocenters. The molecule has 0 bridgehead atoms. The highest BCUT2D eigenvalue weighted by Crippen LogP contribution is 2.34. The van der Waals surface area contributed by atoms with Gasteiger partial charge >= 0.3 is 11.9 Å². The molecule has 164 valence electrons. The van der Waals surface area contributed by atoms with E-state index in [4.69, 9.17) is 0 Å². The van der Waals surface area contributed by atoms with Gasteiger partial charge in [-0.15, -0.1) is 0 Å². The Hall–Kier alpha value is -4.25. The molecule has 5 nitrogen and oxygen atoms in total. The molecule has 2 N–H and O–H groups in total. The lowest BCUT2D eigenvalue weighted by Gasteiger charge is -2.22. The largest absolute Gasteiger partial charge is 0.481 e. The van der Waals surface area contributed by atoms with Crippen molar-refractivity contribution in [2.75, 3.05) is 0 Å². The van der Waals surface area contributed by atoms with Crippen LogP contribution in [0.4, 0.5) is 0 Å². The van der Waals surface area contributed by atoms with Crippen LogP contribution < -0.4 is 0 Å². The first kappa shape index (κ1) is 22.0. The molecular weight excluding hydrogens is 416 g/mol. The molecule has 4 aromatic rings. The highest BCUT2D eigenvalue weighted by atomic mass is 16.4. The van der Waals surface area contributed by atoms with Crippen LogP contribution in [0.3, 0.4) is 0 Å². The molecule has 33 heavy (non-hydrogen) atoms. The van der Waals surface area contributed by atoms with Crippen LogP contribution >= 0.6 is 0 Å². The standard InChI is InChI=1S/C28H22O5/c29-25(21-15-13-19(14-16-21)18-7-2-1-3-8-18)17-24(27(30)31)26(28(32)33)23-12-6-10-20-9-4-5-11-22(20)23/h1-16,24,26H,17H2,(H,30,31)(H,32,33). The Kier molecular flexibility index (Phi) is 6.31. The maximum absolute atomic E-state index is 13.0. The van der Waals surface area contributed by atoms with Gasteiger partial charge in [-0.25, -0.2) is 0 Å². The zero-order valence-electron chi connectivity index (χ0n) is 17.7. The van der Waals surface area contributed by atoms with Crippen LogP contribution in [0.15, 0.2) is 97.1 Å². The molecule has 0 heterocycles. The van der Waals surface area contributed by atoms with Gasteiger partial charge in [0.25, 0.3) is 0 Å². The topological polar surface area (TPSA) is 91.7 Å². The smallest absolute Gasteiger partial charge is 0.311 e. The quantitative estimate of drug-likeness (QED) is 0.347. The van der Waals surface area contributed by atoms with Gasteiger partial charge in [-0.05, 0) is 27.5 Å². The zero-order chi connectivity index (χ0) is 23.4. The molecule has 0 amide bonds. The Balaban J connectivity index is 1.64. The first-order valence-electron chi connectivity index (χ1n) is 10.6. The normalized spacial score (nSPS) is 12.7. The monoisotopic (exact) mass is 438 g/mol. The van der Waals surface area contributed by atoms with Crippen molar-refractivity contribution in [3.8, 4) is 11.1 Å². The summed E-state index contributed by atoms with van der Waals surface area (Å²) in [5.74, 6) is -5.76. The Morgan fingerprint density at radius 1 is 0.636 bits per heavy atom. The molecule has 0 aliphatic heterocycles. The van der Waals surface area contributed by atoms with Crippen molar-refractivity contribution < 1.29 is 24.6 Å². The van der Waals surface area contributed by atoms with Gasteiger partial charge in [0.05, 0.1) is 11.8 Å². The lowest BCUT2D eigenvalue weighted by Crippen LogP contribution is -2.30. The van der Waals surface area contributed by atoms with Crippen molar-refractivity contribution in [1.82, 2.24) is 0 Å². The molecule has 0 saturated heterocycles. The van der Waals surface area contributed by atoms with E-state index in [0.717, 1.165) is 16.5 Å². The number of hydrogen-bond donors (Lipinski definition) is 2. The van der Waals surface area contributed by atoms with Gasteiger partial charge in [0.2, 0.25) is 0 Å². The number of carboxylic acid groups (broad SMARTS) is 2. The number of carbonyl (C=O) groups is 3. The number of ketones is 1. The molecule has 2 unspecified atom stereocenters. The van der Waals surface area contributed by atoms with Gasteiger partial charge in [0, 0.05) is 12.0 Å².